The monoisotopic (exact) mass is 554 g/mol. The molecule has 3 aromatic rings. The van der Waals surface area contributed by atoms with Crippen LogP contribution < -0.4 is 9.64 Å². The number of anilines is 1. The number of aromatic carboxylic acids is 1. The largest absolute Gasteiger partial charge is 0.507 e. The van der Waals surface area contributed by atoms with Gasteiger partial charge in [0.1, 0.15) is 5.76 Å². The van der Waals surface area contributed by atoms with Crippen molar-refractivity contribution in [1.29, 1.82) is 0 Å². The molecule has 0 radical (unpaired) electrons. The highest BCUT2D eigenvalue weighted by Crippen LogP contribution is 2.42. The number of rotatable bonds is 7. The van der Waals surface area contributed by atoms with Gasteiger partial charge in [-0.3, -0.25) is 9.59 Å². The molecule has 0 aliphatic carbocycles. The minimum absolute atomic E-state index is 0.00543. The third-order valence-electron chi connectivity index (χ3n) is 6.29. The van der Waals surface area contributed by atoms with Crippen LogP contribution in [0.2, 0.25) is 10.0 Å². The molecule has 0 aromatic heterocycles. The summed E-state index contributed by atoms with van der Waals surface area (Å²) in [6.45, 7) is 0.00543. The van der Waals surface area contributed by atoms with Crippen molar-refractivity contribution in [3.8, 4) is 5.75 Å². The molecule has 1 atom stereocenters. The van der Waals surface area contributed by atoms with E-state index in [1.165, 1.54) is 36.3 Å². The van der Waals surface area contributed by atoms with Crippen LogP contribution >= 0.6 is 23.2 Å². The van der Waals surface area contributed by atoms with Gasteiger partial charge in [0.25, 0.3) is 11.7 Å². The lowest BCUT2D eigenvalue weighted by Gasteiger charge is -2.26. The maximum atomic E-state index is 13.3. The van der Waals surface area contributed by atoms with Crippen LogP contribution in [0.5, 0.6) is 5.75 Å². The third kappa shape index (κ3) is 5.05. The average molecular weight is 555 g/mol. The van der Waals surface area contributed by atoms with Gasteiger partial charge in [-0.2, -0.15) is 0 Å². The summed E-state index contributed by atoms with van der Waals surface area (Å²) in [5.74, 6) is -2.96. The van der Waals surface area contributed by atoms with Crippen LogP contribution in [0.3, 0.4) is 0 Å². The summed E-state index contributed by atoms with van der Waals surface area (Å²) in [7, 11) is 5.18. The minimum atomic E-state index is -1.07. The molecule has 0 bridgehead atoms. The van der Waals surface area contributed by atoms with E-state index in [2.05, 4.69) is 0 Å². The first-order valence-corrected chi connectivity index (χ1v) is 12.2. The van der Waals surface area contributed by atoms with E-state index in [9.17, 15) is 24.6 Å². The van der Waals surface area contributed by atoms with E-state index >= 15 is 0 Å². The number of aliphatic hydroxyl groups excluding tert-OH is 1. The first-order valence-electron chi connectivity index (χ1n) is 11.4. The molecule has 4 rings (SSSR count). The van der Waals surface area contributed by atoms with Crippen molar-refractivity contribution in [2.45, 2.75) is 12.6 Å². The summed E-state index contributed by atoms with van der Waals surface area (Å²) in [6, 6.07) is 15.2. The Bertz CT molecular complexity index is 1430. The molecule has 3 aromatic carbocycles. The van der Waals surface area contributed by atoms with Crippen LogP contribution in [0.25, 0.3) is 5.76 Å². The number of benzene rings is 3. The van der Waals surface area contributed by atoms with Crippen LogP contribution in [0.1, 0.15) is 33.1 Å². The standard InChI is InChI=1S/C28H24Cl2N2O6/c1-31(2)19-10-8-16(9-11-19)23-22(24(33)18-12-20(29)26(38-3)21(30)13-18)25(34)27(35)32(23)14-15-4-6-17(7-5-15)28(36)37/h4-13,23,33H,14H2,1-3H3,(H,36,37)/b24-22+. The van der Waals surface area contributed by atoms with Gasteiger partial charge >= 0.3 is 5.97 Å². The number of nitrogens with zero attached hydrogens (tertiary/aromatic N) is 2. The number of hydrogen-bond acceptors (Lipinski definition) is 6. The number of carboxylic acids is 1. The van der Waals surface area contributed by atoms with E-state index in [-0.39, 0.29) is 39.0 Å². The average Bonchev–Trinajstić information content (AvgIpc) is 3.13. The molecule has 1 amide bonds. The van der Waals surface area contributed by atoms with Gasteiger partial charge in [0, 0.05) is 31.9 Å². The van der Waals surface area contributed by atoms with Gasteiger partial charge in [0.15, 0.2) is 5.75 Å². The second-order valence-electron chi connectivity index (χ2n) is 8.89. The molecule has 2 N–H and O–H groups in total. The smallest absolute Gasteiger partial charge is 0.335 e. The van der Waals surface area contributed by atoms with E-state index in [0.29, 0.717) is 11.1 Å². The van der Waals surface area contributed by atoms with E-state index in [1.807, 2.05) is 31.1 Å². The predicted octanol–water partition coefficient (Wildman–Crippen LogP) is 5.39. The zero-order valence-electron chi connectivity index (χ0n) is 20.7. The maximum absolute atomic E-state index is 13.3. The Morgan fingerprint density at radius 3 is 2.03 bits per heavy atom. The van der Waals surface area contributed by atoms with Crippen molar-refractivity contribution >= 4 is 52.3 Å². The Morgan fingerprint density at radius 2 is 1.53 bits per heavy atom. The van der Waals surface area contributed by atoms with E-state index in [1.54, 1.807) is 24.3 Å². The van der Waals surface area contributed by atoms with E-state index in [4.69, 9.17) is 27.9 Å². The SMILES string of the molecule is COc1c(Cl)cc(/C(O)=C2\C(=O)C(=O)N(Cc3ccc(C(=O)O)cc3)C2c2ccc(N(C)C)cc2)cc1Cl. The summed E-state index contributed by atoms with van der Waals surface area (Å²) >= 11 is 12.5. The number of halogens is 2. The number of likely N-dealkylation sites (tertiary alicyclic amines) is 1. The Morgan fingerprint density at radius 1 is 0.947 bits per heavy atom. The van der Waals surface area contributed by atoms with Gasteiger partial charge in [-0.15, -0.1) is 0 Å². The van der Waals surface area contributed by atoms with Gasteiger partial charge in [-0.05, 0) is 47.5 Å². The molecular weight excluding hydrogens is 531 g/mol. The predicted molar refractivity (Wildman–Crippen MR) is 145 cm³/mol. The number of Topliss-reactive ketones (excluding diaryl/α,β-unsaturated/α-hetero) is 1. The summed E-state index contributed by atoms with van der Waals surface area (Å²) in [4.78, 5) is 41.1. The Balaban J connectivity index is 1.85. The molecule has 1 fully saturated rings. The zero-order valence-corrected chi connectivity index (χ0v) is 22.2. The second kappa shape index (κ2) is 10.8. The van der Waals surface area contributed by atoms with Crippen LogP contribution in [0, 0.1) is 0 Å². The van der Waals surface area contributed by atoms with Gasteiger partial charge in [-0.25, -0.2) is 4.79 Å². The molecule has 0 saturated carbocycles. The number of amides is 1. The van der Waals surface area contributed by atoms with Gasteiger partial charge < -0.3 is 24.7 Å². The van der Waals surface area contributed by atoms with Gasteiger partial charge in [-0.1, -0.05) is 47.5 Å². The highest BCUT2D eigenvalue weighted by atomic mass is 35.5. The molecular formula is C28H24Cl2N2O6. The fourth-order valence-electron chi connectivity index (χ4n) is 4.34. The lowest BCUT2D eigenvalue weighted by atomic mass is 9.94. The summed E-state index contributed by atoms with van der Waals surface area (Å²) in [5, 5.41) is 20.8. The van der Waals surface area contributed by atoms with Gasteiger partial charge in [0.2, 0.25) is 0 Å². The molecule has 1 saturated heterocycles. The molecule has 8 nitrogen and oxygen atoms in total. The highest BCUT2D eigenvalue weighted by Gasteiger charge is 2.46. The van der Waals surface area contributed by atoms with Crippen molar-refractivity contribution < 1.29 is 29.3 Å². The van der Waals surface area contributed by atoms with Crippen LogP contribution in [0.4, 0.5) is 5.69 Å². The fraction of sp³-hybridized carbons (Fsp3) is 0.179. The number of carbonyl (C=O) groups is 3. The van der Waals surface area contributed by atoms with Crippen molar-refractivity contribution in [2.24, 2.45) is 0 Å². The number of aliphatic hydroxyl groups is 1. The lowest BCUT2D eigenvalue weighted by molar-refractivity contribution is -0.140. The van der Waals surface area contributed by atoms with Crippen LogP contribution in [-0.4, -0.2) is 54.0 Å². The lowest BCUT2D eigenvalue weighted by Crippen LogP contribution is -2.29. The number of ether oxygens (including phenoxy) is 1. The van der Waals surface area contributed by atoms with Crippen molar-refractivity contribution in [2.75, 3.05) is 26.1 Å². The van der Waals surface area contributed by atoms with Crippen LogP contribution in [0.15, 0.2) is 66.2 Å². The normalized spacial score (nSPS) is 16.6. The Labute approximate surface area is 229 Å². The summed E-state index contributed by atoms with van der Waals surface area (Å²) < 4.78 is 5.17. The van der Waals surface area contributed by atoms with Crippen molar-refractivity contribution in [3.63, 3.8) is 0 Å². The first-order chi connectivity index (χ1) is 18.0. The first kappa shape index (κ1) is 27.0. The second-order valence-corrected chi connectivity index (χ2v) is 9.70. The Kier molecular flexibility index (Phi) is 7.66. The van der Waals surface area contributed by atoms with Crippen molar-refractivity contribution in [3.05, 3.63) is 98.5 Å². The molecule has 1 aliphatic heterocycles. The van der Waals surface area contributed by atoms with E-state index in [0.717, 1.165) is 5.69 Å². The number of carboxylic acid groups (broad SMARTS) is 1. The minimum Gasteiger partial charge on any atom is -0.507 e. The number of ketones is 1. The highest BCUT2D eigenvalue weighted by molar-refractivity contribution is 6.46. The third-order valence-corrected chi connectivity index (χ3v) is 6.86. The fourth-order valence-corrected chi connectivity index (χ4v) is 4.98. The zero-order chi connectivity index (χ0) is 27.7. The molecule has 196 valence electrons. The molecule has 1 aliphatic rings. The molecule has 1 heterocycles. The molecule has 1 unspecified atom stereocenters. The molecule has 0 spiro atoms. The van der Waals surface area contributed by atoms with E-state index < -0.39 is 29.5 Å². The number of carbonyl (C=O) groups excluding carboxylic acids is 2. The summed E-state index contributed by atoms with van der Waals surface area (Å²) in [5.41, 5.74) is 2.25. The number of hydrogen-bond donors (Lipinski definition) is 2. The number of methoxy groups -OCH3 is 1. The molecule has 10 heteroatoms. The molecule has 38 heavy (non-hydrogen) atoms. The van der Waals surface area contributed by atoms with Crippen LogP contribution in [-0.2, 0) is 16.1 Å². The maximum Gasteiger partial charge on any atom is 0.335 e. The quantitative estimate of drug-likeness (QED) is 0.229. The Hall–Kier alpha value is -4.01. The van der Waals surface area contributed by atoms with Crippen molar-refractivity contribution in [1.82, 2.24) is 4.90 Å². The van der Waals surface area contributed by atoms with Gasteiger partial charge in [0.05, 0.1) is 34.3 Å². The topological polar surface area (TPSA) is 107 Å². The summed E-state index contributed by atoms with van der Waals surface area (Å²) in [6.07, 6.45) is 0.